The first-order chi connectivity index (χ1) is 7.07. The van der Waals surface area contributed by atoms with E-state index in [1.807, 2.05) is 13.0 Å². The lowest BCUT2D eigenvalue weighted by atomic mass is 9.63. The molecule has 0 saturated heterocycles. The molecular formula is C11H15ClN2O. The van der Waals surface area contributed by atoms with Gasteiger partial charge in [0.05, 0.1) is 6.10 Å². The molecule has 0 amide bonds. The quantitative estimate of drug-likeness (QED) is 0.750. The van der Waals surface area contributed by atoms with Crippen LogP contribution in [-0.4, -0.2) is 22.7 Å². The molecule has 1 aliphatic carbocycles. The van der Waals surface area contributed by atoms with Gasteiger partial charge in [-0.1, -0.05) is 17.7 Å². The highest BCUT2D eigenvalue weighted by Crippen LogP contribution is 2.43. The fourth-order valence-electron chi connectivity index (χ4n) is 2.21. The Morgan fingerprint density at radius 1 is 1.67 bits per heavy atom. The van der Waals surface area contributed by atoms with E-state index in [1.54, 1.807) is 6.20 Å². The molecule has 1 aromatic heterocycles. The highest BCUT2D eigenvalue weighted by molar-refractivity contribution is 6.30. The molecule has 2 rings (SSSR count). The molecule has 0 unspecified atom stereocenters. The number of halogens is 1. The van der Waals surface area contributed by atoms with Crippen LogP contribution in [0.15, 0.2) is 12.3 Å². The molecule has 1 fully saturated rings. The standard InChI is InChI=1S/C11H15ClN2O/c1-7-2-8(5-14-10(7)12)11(6-13)3-9(15)4-11/h2,5,9,15H,3-4,6,13H2,1H3. The van der Waals surface area contributed by atoms with Crippen molar-refractivity contribution in [2.75, 3.05) is 6.54 Å². The van der Waals surface area contributed by atoms with E-state index in [-0.39, 0.29) is 11.5 Å². The predicted molar refractivity (Wildman–Crippen MR) is 60.0 cm³/mol. The van der Waals surface area contributed by atoms with E-state index in [0.717, 1.165) is 24.0 Å². The number of aromatic nitrogens is 1. The second-order valence-electron chi connectivity index (χ2n) is 4.38. The highest BCUT2D eigenvalue weighted by atomic mass is 35.5. The number of aryl methyl sites for hydroxylation is 1. The van der Waals surface area contributed by atoms with E-state index in [9.17, 15) is 5.11 Å². The average Bonchev–Trinajstić information content (AvgIpc) is 2.17. The van der Waals surface area contributed by atoms with Gasteiger partial charge in [-0.2, -0.15) is 0 Å². The molecule has 0 radical (unpaired) electrons. The Hall–Kier alpha value is -0.640. The first-order valence-corrected chi connectivity index (χ1v) is 5.46. The van der Waals surface area contributed by atoms with Gasteiger partial charge < -0.3 is 10.8 Å². The zero-order valence-electron chi connectivity index (χ0n) is 8.70. The van der Waals surface area contributed by atoms with Crippen molar-refractivity contribution in [3.05, 3.63) is 28.5 Å². The van der Waals surface area contributed by atoms with Gasteiger partial charge in [-0.15, -0.1) is 0 Å². The lowest BCUT2D eigenvalue weighted by Crippen LogP contribution is -2.49. The van der Waals surface area contributed by atoms with Crippen LogP contribution in [0.3, 0.4) is 0 Å². The number of hydrogen-bond acceptors (Lipinski definition) is 3. The summed E-state index contributed by atoms with van der Waals surface area (Å²) in [6.45, 7) is 2.48. The summed E-state index contributed by atoms with van der Waals surface area (Å²) in [6.07, 6.45) is 3.01. The normalized spacial score (nSPS) is 30.0. The molecule has 0 bridgehead atoms. The van der Waals surface area contributed by atoms with Crippen LogP contribution in [0.2, 0.25) is 5.15 Å². The third kappa shape index (κ3) is 1.75. The summed E-state index contributed by atoms with van der Waals surface area (Å²) in [5, 5.41) is 9.93. The van der Waals surface area contributed by atoms with Gasteiger partial charge >= 0.3 is 0 Å². The Morgan fingerprint density at radius 2 is 2.33 bits per heavy atom. The smallest absolute Gasteiger partial charge is 0.131 e. The summed E-state index contributed by atoms with van der Waals surface area (Å²) >= 11 is 5.87. The maximum absolute atomic E-state index is 9.40. The number of nitrogens with two attached hydrogens (primary N) is 1. The van der Waals surface area contributed by atoms with Gasteiger partial charge in [0.1, 0.15) is 5.15 Å². The Kier molecular flexibility index (Phi) is 2.71. The van der Waals surface area contributed by atoms with Crippen molar-refractivity contribution in [2.45, 2.75) is 31.3 Å². The van der Waals surface area contributed by atoms with E-state index in [0.29, 0.717) is 11.7 Å². The topological polar surface area (TPSA) is 59.1 Å². The number of hydrogen-bond donors (Lipinski definition) is 2. The van der Waals surface area contributed by atoms with Gasteiger partial charge in [-0.25, -0.2) is 4.98 Å². The van der Waals surface area contributed by atoms with Crippen LogP contribution in [0.4, 0.5) is 0 Å². The molecule has 15 heavy (non-hydrogen) atoms. The third-order valence-corrected chi connectivity index (χ3v) is 3.67. The average molecular weight is 227 g/mol. The van der Waals surface area contributed by atoms with Crippen LogP contribution in [0.5, 0.6) is 0 Å². The van der Waals surface area contributed by atoms with Gasteiger partial charge in [0.25, 0.3) is 0 Å². The van der Waals surface area contributed by atoms with Gasteiger partial charge in [-0.3, -0.25) is 0 Å². The van der Waals surface area contributed by atoms with E-state index in [1.165, 1.54) is 0 Å². The fraction of sp³-hybridized carbons (Fsp3) is 0.545. The molecule has 1 heterocycles. The molecule has 0 atom stereocenters. The summed E-state index contributed by atoms with van der Waals surface area (Å²) in [5.41, 5.74) is 7.75. The van der Waals surface area contributed by atoms with Crippen molar-refractivity contribution >= 4 is 11.6 Å². The predicted octanol–water partition coefficient (Wildman–Crippen LogP) is 1.39. The van der Waals surface area contributed by atoms with Crippen molar-refractivity contribution in [1.29, 1.82) is 0 Å². The summed E-state index contributed by atoms with van der Waals surface area (Å²) in [6, 6.07) is 2.02. The SMILES string of the molecule is Cc1cc(C2(CN)CC(O)C2)cnc1Cl. The molecule has 3 N–H and O–H groups in total. The van der Waals surface area contributed by atoms with Gasteiger partial charge in [-0.05, 0) is 30.9 Å². The molecule has 1 aromatic rings. The first-order valence-electron chi connectivity index (χ1n) is 5.08. The molecule has 1 saturated carbocycles. The molecule has 0 aromatic carbocycles. The minimum Gasteiger partial charge on any atom is -0.393 e. The van der Waals surface area contributed by atoms with Crippen LogP contribution >= 0.6 is 11.6 Å². The minimum atomic E-state index is -0.218. The van der Waals surface area contributed by atoms with Crippen LogP contribution in [0, 0.1) is 6.92 Å². The second-order valence-corrected chi connectivity index (χ2v) is 4.74. The number of pyridine rings is 1. The number of rotatable bonds is 2. The molecule has 3 nitrogen and oxygen atoms in total. The van der Waals surface area contributed by atoms with Crippen molar-refractivity contribution in [1.82, 2.24) is 4.98 Å². The van der Waals surface area contributed by atoms with Crippen LogP contribution in [0.25, 0.3) is 0 Å². The summed E-state index contributed by atoms with van der Waals surface area (Å²) < 4.78 is 0. The molecule has 0 aliphatic heterocycles. The van der Waals surface area contributed by atoms with Crippen LogP contribution in [-0.2, 0) is 5.41 Å². The second kappa shape index (κ2) is 3.74. The summed E-state index contributed by atoms with van der Waals surface area (Å²) in [7, 11) is 0. The van der Waals surface area contributed by atoms with E-state index < -0.39 is 0 Å². The zero-order valence-corrected chi connectivity index (χ0v) is 9.46. The van der Waals surface area contributed by atoms with Gasteiger partial charge in [0.2, 0.25) is 0 Å². The number of aliphatic hydroxyl groups is 1. The minimum absolute atomic E-state index is 0.0816. The van der Waals surface area contributed by atoms with Crippen molar-refractivity contribution in [3.63, 3.8) is 0 Å². The van der Waals surface area contributed by atoms with Crippen molar-refractivity contribution < 1.29 is 5.11 Å². The Labute approximate surface area is 94.3 Å². The highest BCUT2D eigenvalue weighted by Gasteiger charge is 2.44. The lowest BCUT2D eigenvalue weighted by Gasteiger charge is -2.45. The van der Waals surface area contributed by atoms with E-state index in [4.69, 9.17) is 17.3 Å². The Morgan fingerprint density at radius 3 is 2.80 bits per heavy atom. The van der Waals surface area contributed by atoms with E-state index >= 15 is 0 Å². The molecule has 4 heteroatoms. The number of aliphatic hydroxyl groups excluding tert-OH is 1. The van der Waals surface area contributed by atoms with Gasteiger partial charge in [0.15, 0.2) is 0 Å². The van der Waals surface area contributed by atoms with Gasteiger partial charge in [0, 0.05) is 18.2 Å². The Balaban J connectivity index is 2.32. The monoisotopic (exact) mass is 226 g/mol. The summed E-state index contributed by atoms with van der Waals surface area (Å²) in [5.74, 6) is 0. The molecular weight excluding hydrogens is 212 g/mol. The molecule has 82 valence electrons. The van der Waals surface area contributed by atoms with E-state index in [2.05, 4.69) is 4.98 Å². The first kappa shape index (κ1) is 10.9. The molecule has 1 aliphatic rings. The fourth-order valence-corrected chi connectivity index (χ4v) is 2.31. The molecule has 0 spiro atoms. The van der Waals surface area contributed by atoms with Crippen LogP contribution < -0.4 is 5.73 Å². The maximum atomic E-state index is 9.40. The third-order valence-electron chi connectivity index (χ3n) is 3.27. The maximum Gasteiger partial charge on any atom is 0.131 e. The number of nitrogens with zero attached hydrogens (tertiary/aromatic N) is 1. The van der Waals surface area contributed by atoms with Crippen molar-refractivity contribution in [2.24, 2.45) is 5.73 Å². The lowest BCUT2D eigenvalue weighted by molar-refractivity contribution is 0.0220. The van der Waals surface area contributed by atoms with Crippen molar-refractivity contribution in [3.8, 4) is 0 Å². The zero-order chi connectivity index (χ0) is 11.1. The Bertz CT molecular complexity index is 375. The summed E-state index contributed by atoms with van der Waals surface area (Å²) in [4.78, 5) is 4.13. The largest absolute Gasteiger partial charge is 0.393 e. The van der Waals surface area contributed by atoms with Crippen LogP contribution in [0.1, 0.15) is 24.0 Å².